The van der Waals surface area contributed by atoms with E-state index in [1.54, 1.807) is 7.11 Å². The SMILES string of the molecule is CCC[C@@]1(CCc2ccccc2)CC(OC)=C(C(CC)c2cccc(N)c2)C(=O)O1. The van der Waals surface area contributed by atoms with E-state index in [9.17, 15) is 4.79 Å². The van der Waals surface area contributed by atoms with Crippen molar-refractivity contribution in [2.45, 2.75) is 63.9 Å². The average Bonchev–Trinajstić information content (AvgIpc) is 2.75. The van der Waals surface area contributed by atoms with Gasteiger partial charge in [0.25, 0.3) is 0 Å². The van der Waals surface area contributed by atoms with Gasteiger partial charge < -0.3 is 15.2 Å². The zero-order chi connectivity index (χ0) is 21.6. The maximum absolute atomic E-state index is 13.3. The molecule has 0 spiro atoms. The first-order valence-corrected chi connectivity index (χ1v) is 10.9. The molecule has 1 aliphatic rings. The van der Waals surface area contributed by atoms with Crippen molar-refractivity contribution in [3.8, 4) is 0 Å². The largest absolute Gasteiger partial charge is 0.500 e. The van der Waals surface area contributed by atoms with Crippen molar-refractivity contribution in [1.29, 1.82) is 0 Å². The Balaban J connectivity index is 1.92. The van der Waals surface area contributed by atoms with E-state index in [-0.39, 0.29) is 11.9 Å². The molecule has 0 aliphatic carbocycles. The van der Waals surface area contributed by atoms with Crippen molar-refractivity contribution in [2.24, 2.45) is 0 Å². The van der Waals surface area contributed by atoms with Gasteiger partial charge in [-0.1, -0.05) is 62.7 Å². The number of rotatable bonds is 9. The Morgan fingerprint density at radius 1 is 1.10 bits per heavy atom. The van der Waals surface area contributed by atoms with Crippen LogP contribution in [0.25, 0.3) is 0 Å². The lowest BCUT2D eigenvalue weighted by atomic mass is 9.80. The van der Waals surface area contributed by atoms with Gasteiger partial charge >= 0.3 is 5.97 Å². The summed E-state index contributed by atoms with van der Waals surface area (Å²) in [6.45, 7) is 4.20. The Labute approximate surface area is 180 Å². The number of esters is 1. The van der Waals surface area contributed by atoms with E-state index in [2.05, 4.69) is 26.0 Å². The maximum Gasteiger partial charge on any atom is 0.338 e. The number of hydrogen-bond acceptors (Lipinski definition) is 4. The highest BCUT2D eigenvalue weighted by Crippen LogP contribution is 2.43. The van der Waals surface area contributed by atoms with Gasteiger partial charge in [0, 0.05) is 18.0 Å². The van der Waals surface area contributed by atoms with Crippen LogP contribution in [-0.2, 0) is 20.7 Å². The fourth-order valence-electron chi connectivity index (χ4n) is 4.57. The monoisotopic (exact) mass is 407 g/mol. The van der Waals surface area contributed by atoms with Gasteiger partial charge in [0.1, 0.15) is 11.4 Å². The fourth-order valence-corrected chi connectivity index (χ4v) is 4.57. The van der Waals surface area contributed by atoms with E-state index in [0.29, 0.717) is 17.7 Å². The lowest BCUT2D eigenvalue weighted by Gasteiger charge is -2.39. The molecule has 0 bridgehead atoms. The van der Waals surface area contributed by atoms with Crippen LogP contribution in [0.5, 0.6) is 0 Å². The summed E-state index contributed by atoms with van der Waals surface area (Å²) in [7, 11) is 1.66. The average molecular weight is 408 g/mol. The molecular weight excluding hydrogens is 374 g/mol. The van der Waals surface area contributed by atoms with Crippen LogP contribution in [0, 0.1) is 0 Å². The maximum atomic E-state index is 13.3. The predicted molar refractivity (Wildman–Crippen MR) is 121 cm³/mol. The zero-order valence-corrected chi connectivity index (χ0v) is 18.3. The second kappa shape index (κ2) is 9.84. The number of carbonyl (C=O) groups excluding carboxylic acids is 1. The van der Waals surface area contributed by atoms with Crippen molar-refractivity contribution in [3.63, 3.8) is 0 Å². The van der Waals surface area contributed by atoms with Crippen molar-refractivity contribution < 1.29 is 14.3 Å². The van der Waals surface area contributed by atoms with Gasteiger partial charge in [0.15, 0.2) is 0 Å². The highest BCUT2D eigenvalue weighted by Gasteiger charge is 2.43. The van der Waals surface area contributed by atoms with E-state index in [4.69, 9.17) is 15.2 Å². The quantitative estimate of drug-likeness (QED) is 0.423. The Bertz CT molecular complexity index is 890. The van der Waals surface area contributed by atoms with Crippen molar-refractivity contribution in [1.82, 2.24) is 0 Å². The molecule has 1 unspecified atom stereocenters. The third kappa shape index (κ3) is 4.86. The van der Waals surface area contributed by atoms with E-state index < -0.39 is 5.60 Å². The van der Waals surface area contributed by atoms with Crippen LogP contribution in [-0.4, -0.2) is 18.7 Å². The van der Waals surface area contributed by atoms with E-state index in [0.717, 1.165) is 43.4 Å². The minimum Gasteiger partial charge on any atom is -0.500 e. The zero-order valence-electron chi connectivity index (χ0n) is 18.3. The standard InChI is InChI=1S/C26H33NO3/c1-4-15-26(16-14-19-10-7-6-8-11-19)18-23(29-3)24(25(28)30-26)22(5-2)20-12-9-13-21(27)17-20/h6-13,17,22H,4-5,14-16,18,27H2,1-3H3/t22?,26-/m1/s1. The summed E-state index contributed by atoms with van der Waals surface area (Å²) in [5, 5.41) is 0. The molecular formula is C26H33NO3. The molecule has 160 valence electrons. The molecule has 3 rings (SSSR count). The molecule has 2 N–H and O–H groups in total. The molecule has 2 aromatic rings. The highest BCUT2D eigenvalue weighted by molar-refractivity contribution is 5.92. The van der Waals surface area contributed by atoms with Gasteiger partial charge in [-0.2, -0.15) is 0 Å². The summed E-state index contributed by atoms with van der Waals surface area (Å²) < 4.78 is 12.0. The van der Waals surface area contributed by atoms with Gasteiger partial charge in [0.05, 0.1) is 12.7 Å². The number of anilines is 1. The number of aryl methyl sites for hydroxylation is 1. The van der Waals surface area contributed by atoms with Crippen LogP contribution >= 0.6 is 0 Å². The fraction of sp³-hybridized carbons (Fsp3) is 0.423. The first-order valence-electron chi connectivity index (χ1n) is 10.9. The lowest BCUT2D eigenvalue weighted by molar-refractivity contribution is -0.161. The summed E-state index contributed by atoms with van der Waals surface area (Å²) in [6.07, 6.45) is 4.80. The minimum absolute atomic E-state index is 0.0929. The molecule has 4 heteroatoms. The number of carbonyl (C=O) groups is 1. The van der Waals surface area contributed by atoms with Crippen LogP contribution in [0.3, 0.4) is 0 Å². The summed E-state index contributed by atoms with van der Waals surface area (Å²) in [6, 6.07) is 18.1. The Morgan fingerprint density at radius 2 is 1.87 bits per heavy atom. The molecule has 0 radical (unpaired) electrons. The van der Waals surface area contributed by atoms with Crippen LogP contribution in [0.2, 0.25) is 0 Å². The first-order chi connectivity index (χ1) is 14.5. The Morgan fingerprint density at radius 3 is 2.50 bits per heavy atom. The summed E-state index contributed by atoms with van der Waals surface area (Å²) in [5.41, 5.74) is 9.08. The number of methoxy groups -OCH3 is 1. The lowest BCUT2D eigenvalue weighted by Crippen LogP contribution is -2.42. The second-order valence-electron chi connectivity index (χ2n) is 8.16. The molecule has 0 saturated carbocycles. The molecule has 1 aliphatic heterocycles. The van der Waals surface area contributed by atoms with E-state index in [1.165, 1.54) is 5.56 Å². The Hall–Kier alpha value is -2.75. The van der Waals surface area contributed by atoms with Gasteiger partial charge in [-0.05, 0) is 48.9 Å². The first kappa shape index (κ1) is 21.9. The van der Waals surface area contributed by atoms with E-state index in [1.807, 2.05) is 42.5 Å². The number of nitrogen functional groups attached to an aromatic ring is 1. The van der Waals surface area contributed by atoms with Gasteiger partial charge in [-0.3, -0.25) is 0 Å². The van der Waals surface area contributed by atoms with Crippen LogP contribution in [0.1, 0.15) is 63.0 Å². The third-order valence-electron chi connectivity index (χ3n) is 6.05. The molecule has 4 nitrogen and oxygen atoms in total. The van der Waals surface area contributed by atoms with Crippen LogP contribution < -0.4 is 5.73 Å². The third-order valence-corrected chi connectivity index (χ3v) is 6.05. The number of nitrogens with two attached hydrogens (primary N) is 1. The highest BCUT2D eigenvalue weighted by atomic mass is 16.6. The molecule has 0 fully saturated rings. The molecule has 2 aromatic carbocycles. The molecule has 0 aromatic heterocycles. The van der Waals surface area contributed by atoms with Crippen LogP contribution in [0.15, 0.2) is 65.9 Å². The predicted octanol–water partition coefficient (Wildman–Crippen LogP) is 5.78. The van der Waals surface area contributed by atoms with Gasteiger partial charge in [0.2, 0.25) is 0 Å². The van der Waals surface area contributed by atoms with Crippen molar-refractivity contribution in [2.75, 3.05) is 12.8 Å². The number of ether oxygens (including phenoxy) is 2. The molecule has 0 amide bonds. The normalized spacial score (nSPS) is 20.0. The molecule has 1 heterocycles. The van der Waals surface area contributed by atoms with Crippen molar-refractivity contribution >= 4 is 11.7 Å². The number of benzene rings is 2. The van der Waals surface area contributed by atoms with Crippen LogP contribution in [0.4, 0.5) is 5.69 Å². The summed E-state index contributed by atoms with van der Waals surface area (Å²) in [5.74, 6) is 0.403. The minimum atomic E-state index is -0.523. The molecule has 2 atom stereocenters. The topological polar surface area (TPSA) is 61.5 Å². The molecule has 30 heavy (non-hydrogen) atoms. The number of hydrogen-bond donors (Lipinski definition) is 1. The Kier molecular flexibility index (Phi) is 7.20. The van der Waals surface area contributed by atoms with Crippen molar-refractivity contribution in [3.05, 3.63) is 77.1 Å². The summed E-state index contributed by atoms with van der Waals surface area (Å²) in [4.78, 5) is 13.3. The summed E-state index contributed by atoms with van der Waals surface area (Å²) >= 11 is 0. The van der Waals surface area contributed by atoms with Gasteiger partial charge in [-0.25, -0.2) is 4.79 Å². The molecule has 0 saturated heterocycles. The van der Waals surface area contributed by atoms with E-state index >= 15 is 0 Å². The number of cyclic esters (lactones) is 1. The van der Waals surface area contributed by atoms with Gasteiger partial charge in [-0.15, -0.1) is 0 Å². The smallest absolute Gasteiger partial charge is 0.338 e. The second-order valence-corrected chi connectivity index (χ2v) is 8.16.